The Hall–Kier alpha value is -1.55. The van der Waals surface area contributed by atoms with Crippen molar-refractivity contribution in [2.45, 2.75) is 19.0 Å². The fraction of sp³-hybridized carbons (Fsp3) is 0.417. The highest BCUT2D eigenvalue weighted by molar-refractivity contribution is 5.84. The van der Waals surface area contributed by atoms with Crippen molar-refractivity contribution in [2.75, 3.05) is 13.7 Å². The third kappa shape index (κ3) is 2.17. The molecule has 1 saturated heterocycles. The molecule has 0 aliphatic carbocycles. The Balaban J connectivity index is 2.14. The van der Waals surface area contributed by atoms with Gasteiger partial charge in [-0.15, -0.1) is 0 Å². The van der Waals surface area contributed by atoms with E-state index >= 15 is 0 Å². The highest BCUT2D eigenvalue weighted by Crippen LogP contribution is 2.19. The minimum atomic E-state index is -0.248. The van der Waals surface area contributed by atoms with Crippen LogP contribution < -0.4 is 15.4 Å². The lowest BCUT2D eigenvalue weighted by molar-refractivity contribution is -0.125. The van der Waals surface area contributed by atoms with Crippen LogP contribution in [0, 0.1) is 0 Å². The van der Waals surface area contributed by atoms with Gasteiger partial charge in [0.25, 0.3) is 0 Å². The van der Waals surface area contributed by atoms with Crippen molar-refractivity contribution in [2.24, 2.45) is 0 Å². The van der Waals surface area contributed by atoms with E-state index in [1.54, 1.807) is 7.11 Å². The highest BCUT2D eigenvalue weighted by Gasteiger charge is 2.26. The predicted molar refractivity (Wildman–Crippen MR) is 61.3 cm³/mol. The molecule has 0 saturated carbocycles. The van der Waals surface area contributed by atoms with Gasteiger partial charge in [0, 0.05) is 12.6 Å². The van der Waals surface area contributed by atoms with E-state index in [1.165, 1.54) is 0 Å². The van der Waals surface area contributed by atoms with Crippen molar-refractivity contribution in [3.05, 3.63) is 29.8 Å². The first-order valence-electron chi connectivity index (χ1n) is 5.38. The van der Waals surface area contributed by atoms with E-state index in [1.807, 2.05) is 31.2 Å². The standard InChI is InChI=1S/C12H16N2O2/c1-8-7-13-11(12(15)14-8)9-3-5-10(16-2)6-4-9/h3-6,8,11,13H,7H2,1-2H3,(H,14,15). The number of carbonyl (C=O) groups is 1. The second-order valence-corrected chi connectivity index (χ2v) is 4.02. The number of ether oxygens (including phenoxy) is 1. The van der Waals surface area contributed by atoms with Gasteiger partial charge in [-0.2, -0.15) is 0 Å². The Morgan fingerprint density at radius 1 is 1.31 bits per heavy atom. The summed E-state index contributed by atoms with van der Waals surface area (Å²) in [5.41, 5.74) is 0.963. The molecule has 4 heteroatoms. The molecule has 16 heavy (non-hydrogen) atoms. The van der Waals surface area contributed by atoms with Gasteiger partial charge in [-0.25, -0.2) is 0 Å². The number of hydrogen-bond acceptors (Lipinski definition) is 3. The van der Waals surface area contributed by atoms with Gasteiger partial charge < -0.3 is 15.4 Å². The van der Waals surface area contributed by atoms with Gasteiger partial charge in [0.2, 0.25) is 5.91 Å². The molecule has 0 bridgehead atoms. The van der Waals surface area contributed by atoms with Crippen LogP contribution in [0.2, 0.25) is 0 Å². The number of hydrogen-bond donors (Lipinski definition) is 2. The number of benzene rings is 1. The molecule has 2 unspecified atom stereocenters. The quantitative estimate of drug-likeness (QED) is 0.776. The van der Waals surface area contributed by atoms with Gasteiger partial charge in [0.1, 0.15) is 11.8 Å². The number of nitrogens with one attached hydrogen (secondary N) is 2. The van der Waals surface area contributed by atoms with E-state index in [2.05, 4.69) is 10.6 Å². The Labute approximate surface area is 95.0 Å². The summed E-state index contributed by atoms with van der Waals surface area (Å²) < 4.78 is 5.08. The highest BCUT2D eigenvalue weighted by atomic mass is 16.5. The zero-order valence-electron chi connectivity index (χ0n) is 9.49. The van der Waals surface area contributed by atoms with Crippen molar-refractivity contribution in [3.8, 4) is 5.75 Å². The molecule has 0 aromatic heterocycles. The molecule has 4 nitrogen and oxygen atoms in total. The summed E-state index contributed by atoms with van der Waals surface area (Å²) in [5.74, 6) is 0.831. The van der Waals surface area contributed by atoms with Gasteiger partial charge in [0.15, 0.2) is 0 Å². The first-order valence-corrected chi connectivity index (χ1v) is 5.38. The van der Waals surface area contributed by atoms with Crippen LogP contribution in [0.4, 0.5) is 0 Å². The van der Waals surface area contributed by atoms with E-state index in [0.717, 1.165) is 17.9 Å². The fourth-order valence-corrected chi connectivity index (χ4v) is 1.83. The summed E-state index contributed by atoms with van der Waals surface area (Å²) in [6.45, 7) is 2.78. The van der Waals surface area contributed by atoms with Gasteiger partial charge in [0.05, 0.1) is 7.11 Å². The predicted octanol–water partition coefficient (Wildman–Crippen LogP) is 0.844. The van der Waals surface area contributed by atoms with Crippen molar-refractivity contribution < 1.29 is 9.53 Å². The molecule has 0 radical (unpaired) electrons. The molecule has 2 N–H and O–H groups in total. The van der Waals surface area contributed by atoms with Crippen molar-refractivity contribution in [1.82, 2.24) is 10.6 Å². The maximum Gasteiger partial charge on any atom is 0.241 e. The molecule has 1 fully saturated rings. The molecule has 2 atom stereocenters. The minimum Gasteiger partial charge on any atom is -0.497 e. The van der Waals surface area contributed by atoms with Crippen LogP contribution in [0.1, 0.15) is 18.5 Å². The molecular formula is C12H16N2O2. The maximum atomic E-state index is 11.8. The van der Waals surface area contributed by atoms with Crippen LogP contribution >= 0.6 is 0 Å². The summed E-state index contributed by atoms with van der Waals surface area (Å²) in [6, 6.07) is 7.49. The van der Waals surface area contributed by atoms with Gasteiger partial charge in [-0.1, -0.05) is 12.1 Å². The second-order valence-electron chi connectivity index (χ2n) is 4.02. The van der Waals surface area contributed by atoms with E-state index in [9.17, 15) is 4.79 Å². The second kappa shape index (κ2) is 4.53. The van der Waals surface area contributed by atoms with E-state index in [0.29, 0.717) is 0 Å². The van der Waals surface area contributed by atoms with Crippen LogP contribution in [-0.4, -0.2) is 25.6 Å². The van der Waals surface area contributed by atoms with Crippen LogP contribution in [0.25, 0.3) is 0 Å². The van der Waals surface area contributed by atoms with E-state index in [-0.39, 0.29) is 18.0 Å². The van der Waals surface area contributed by atoms with Crippen LogP contribution in [0.15, 0.2) is 24.3 Å². The molecule has 1 aliphatic rings. The normalized spacial score (nSPS) is 25.0. The topological polar surface area (TPSA) is 50.4 Å². The molecule has 0 spiro atoms. The molecule has 1 amide bonds. The average molecular weight is 220 g/mol. The lowest BCUT2D eigenvalue weighted by Crippen LogP contribution is -2.52. The van der Waals surface area contributed by atoms with E-state index < -0.39 is 0 Å². The molecule has 86 valence electrons. The Kier molecular flexibility index (Phi) is 3.10. The summed E-state index contributed by atoms with van der Waals surface area (Å²) >= 11 is 0. The molecule has 2 rings (SSSR count). The Bertz CT molecular complexity index is 375. The first kappa shape index (κ1) is 11.0. The number of rotatable bonds is 2. The Morgan fingerprint density at radius 3 is 2.56 bits per heavy atom. The lowest BCUT2D eigenvalue weighted by atomic mass is 10.0. The van der Waals surface area contributed by atoms with Crippen LogP contribution in [0.3, 0.4) is 0 Å². The smallest absolute Gasteiger partial charge is 0.241 e. The monoisotopic (exact) mass is 220 g/mol. The molecule has 1 aliphatic heterocycles. The summed E-state index contributed by atoms with van der Waals surface area (Å²) in [7, 11) is 1.63. The number of piperazine rings is 1. The molecule has 1 aromatic carbocycles. The zero-order valence-corrected chi connectivity index (χ0v) is 9.49. The third-order valence-corrected chi connectivity index (χ3v) is 2.73. The number of amides is 1. The number of carbonyl (C=O) groups excluding carboxylic acids is 1. The summed E-state index contributed by atoms with van der Waals surface area (Å²) in [5, 5.41) is 6.14. The van der Waals surface area contributed by atoms with Crippen LogP contribution in [0.5, 0.6) is 5.75 Å². The SMILES string of the molecule is COc1ccc(C2NCC(C)NC2=O)cc1. The molecular weight excluding hydrogens is 204 g/mol. The maximum absolute atomic E-state index is 11.8. The third-order valence-electron chi connectivity index (χ3n) is 2.73. The van der Waals surface area contributed by atoms with Crippen LogP contribution in [-0.2, 0) is 4.79 Å². The average Bonchev–Trinajstić information content (AvgIpc) is 2.29. The molecule has 1 aromatic rings. The minimum absolute atomic E-state index is 0.0314. The van der Waals surface area contributed by atoms with Gasteiger partial charge >= 0.3 is 0 Å². The van der Waals surface area contributed by atoms with Crippen molar-refractivity contribution in [3.63, 3.8) is 0 Å². The van der Waals surface area contributed by atoms with Crippen molar-refractivity contribution in [1.29, 1.82) is 0 Å². The van der Waals surface area contributed by atoms with Gasteiger partial charge in [-0.3, -0.25) is 4.79 Å². The fourth-order valence-electron chi connectivity index (χ4n) is 1.83. The van der Waals surface area contributed by atoms with Crippen molar-refractivity contribution >= 4 is 5.91 Å². The Morgan fingerprint density at radius 2 is 2.00 bits per heavy atom. The largest absolute Gasteiger partial charge is 0.497 e. The number of methoxy groups -OCH3 is 1. The first-order chi connectivity index (χ1) is 7.70. The lowest BCUT2D eigenvalue weighted by Gasteiger charge is -2.28. The summed E-state index contributed by atoms with van der Waals surface area (Å²) in [6.07, 6.45) is 0. The van der Waals surface area contributed by atoms with Gasteiger partial charge in [-0.05, 0) is 24.6 Å². The summed E-state index contributed by atoms with van der Waals surface area (Å²) in [4.78, 5) is 11.8. The molecule has 1 heterocycles. The zero-order chi connectivity index (χ0) is 11.5. The van der Waals surface area contributed by atoms with E-state index in [4.69, 9.17) is 4.74 Å².